The summed E-state index contributed by atoms with van der Waals surface area (Å²) in [6.07, 6.45) is -3.49. The van der Waals surface area contributed by atoms with E-state index >= 15 is 0 Å². The van der Waals surface area contributed by atoms with Crippen molar-refractivity contribution >= 4 is 6.09 Å². The Bertz CT molecular complexity index is 625. The Kier molecular flexibility index (Phi) is 3.19. The zero-order valence-electron chi connectivity index (χ0n) is 12.6. The molecule has 1 aromatic rings. The number of carbonyl (C=O) groups is 1. The van der Waals surface area contributed by atoms with Gasteiger partial charge in [0, 0.05) is 13.1 Å². The van der Waals surface area contributed by atoms with Gasteiger partial charge in [-0.25, -0.2) is 4.79 Å². The fraction of sp³-hybridized carbons (Fsp3) is 0.533. The zero-order valence-corrected chi connectivity index (χ0v) is 12.6. The summed E-state index contributed by atoms with van der Waals surface area (Å²) in [5.74, 6) is 0.0317. The van der Waals surface area contributed by atoms with E-state index in [1.165, 1.54) is 6.07 Å². The molecule has 7 heteroatoms. The number of hydrogen-bond donors (Lipinski definition) is 0. The van der Waals surface area contributed by atoms with Crippen LogP contribution in [0.25, 0.3) is 0 Å². The first kappa shape index (κ1) is 14.9. The van der Waals surface area contributed by atoms with Gasteiger partial charge in [0.25, 0.3) is 0 Å². The molecule has 0 spiro atoms. The van der Waals surface area contributed by atoms with Crippen LogP contribution >= 0.6 is 0 Å². The SMILES string of the molecule is CC(C)(C)OC(=O)N1CCc2cc3c(cc2C1)OC(F)(F)O3. The van der Waals surface area contributed by atoms with Gasteiger partial charge in [-0.1, -0.05) is 0 Å². The number of halogens is 2. The summed E-state index contributed by atoms with van der Waals surface area (Å²) in [4.78, 5) is 13.6. The van der Waals surface area contributed by atoms with Crippen molar-refractivity contribution in [2.45, 2.75) is 45.6 Å². The molecule has 22 heavy (non-hydrogen) atoms. The van der Waals surface area contributed by atoms with Gasteiger partial charge in [0.2, 0.25) is 0 Å². The predicted molar refractivity (Wildman–Crippen MR) is 73.0 cm³/mol. The van der Waals surface area contributed by atoms with E-state index in [4.69, 9.17) is 4.74 Å². The normalized spacial score (nSPS) is 18.9. The Hall–Kier alpha value is -2.05. The maximum Gasteiger partial charge on any atom is 0.586 e. The minimum absolute atomic E-state index is 0.00483. The average molecular weight is 313 g/mol. The Balaban J connectivity index is 1.78. The van der Waals surface area contributed by atoms with Gasteiger partial charge in [-0.3, -0.25) is 0 Å². The monoisotopic (exact) mass is 313 g/mol. The summed E-state index contributed by atoms with van der Waals surface area (Å²) < 4.78 is 40.4. The highest BCUT2D eigenvalue weighted by molar-refractivity contribution is 5.69. The lowest BCUT2D eigenvalue weighted by atomic mass is 9.99. The molecule has 2 aliphatic rings. The molecule has 0 atom stereocenters. The summed E-state index contributed by atoms with van der Waals surface area (Å²) in [5.41, 5.74) is 1.06. The third-order valence-corrected chi connectivity index (χ3v) is 3.39. The third-order valence-electron chi connectivity index (χ3n) is 3.39. The molecule has 120 valence electrons. The van der Waals surface area contributed by atoms with Crippen LogP contribution in [0.1, 0.15) is 31.9 Å². The minimum Gasteiger partial charge on any atom is -0.444 e. The first-order chi connectivity index (χ1) is 10.1. The maximum atomic E-state index is 13.1. The Morgan fingerprint density at radius 3 is 2.41 bits per heavy atom. The van der Waals surface area contributed by atoms with E-state index in [0.717, 1.165) is 11.1 Å². The van der Waals surface area contributed by atoms with Gasteiger partial charge >= 0.3 is 12.4 Å². The van der Waals surface area contributed by atoms with Crippen LogP contribution in [0.5, 0.6) is 11.5 Å². The quantitative estimate of drug-likeness (QED) is 0.737. The summed E-state index contributed by atoms with van der Waals surface area (Å²) >= 11 is 0. The standard InChI is InChI=1S/C15H17F2NO4/c1-14(2,3)22-13(19)18-5-4-9-6-11-12(7-10(9)8-18)21-15(16,17)20-11/h6-7H,4-5,8H2,1-3H3. The van der Waals surface area contributed by atoms with Crippen molar-refractivity contribution in [3.63, 3.8) is 0 Å². The molecule has 0 unspecified atom stereocenters. The average Bonchev–Trinajstić information content (AvgIpc) is 2.65. The summed E-state index contributed by atoms with van der Waals surface area (Å²) in [5, 5.41) is 0. The molecule has 5 nitrogen and oxygen atoms in total. The van der Waals surface area contributed by atoms with Gasteiger partial charge in [-0.2, -0.15) is 0 Å². The number of rotatable bonds is 0. The number of ether oxygens (including phenoxy) is 3. The molecule has 0 aliphatic carbocycles. The van der Waals surface area contributed by atoms with Gasteiger partial charge in [0.15, 0.2) is 11.5 Å². The van der Waals surface area contributed by atoms with Crippen LogP contribution in [0.4, 0.5) is 13.6 Å². The molecule has 2 heterocycles. The van der Waals surface area contributed by atoms with Crippen LogP contribution in [-0.4, -0.2) is 29.4 Å². The van der Waals surface area contributed by atoms with Crippen molar-refractivity contribution in [1.29, 1.82) is 0 Å². The molecule has 0 bridgehead atoms. The predicted octanol–water partition coefficient (Wildman–Crippen LogP) is 3.30. The van der Waals surface area contributed by atoms with Gasteiger partial charge in [0.05, 0.1) is 0 Å². The lowest BCUT2D eigenvalue weighted by molar-refractivity contribution is -0.286. The van der Waals surface area contributed by atoms with Crippen LogP contribution in [0.15, 0.2) is 12.1 Å². The molecule has 0 saturated carbocycles. The second-order valence-corrected chi connectivity index (χ2v) is 6.39. The highest BCUT2D eigenvalue weighted by Crippen LogP contribution is 2.43. The fourth-order valence-corrected chi connectivity index (χ4v) is 2.48. The number of amides is 1. The highest BCUT2D eigenvalue weighted by Gasteiger charge is 2.44. The van der Waals surface area contributed by atoms with Crippen molar-refractivity contribution in [1.82, 2.24) is 4.90 Å². The molecule has 3 rings (SSSR count). The minimum atomic E-state index is -3.63. The molecular weight excluding hydrogens is 296 g/mol. The van der Waals surface area contributed by atoms with Crippen molar-refractivity contribution in [3.05, 3.63) is 23.3 Å². The van der Waals surface area contributed by atoms with Crippen molar-refractivity contribution in [2.75, 3.05) is 6.54 Å². The van der Waals surface area contributed by atoms with Crippen LogP contribution in [-0.2, 0) is 17.7 Å². The van der Waals surface area contributed by atoms with Crippen molar-refractivity contribution in [3.8, 4) is 11.5 Å². The molecule has 0 aromatic heterocycles. The molecule has 1 amide bonds. The van der Waals surface area contributed by atoms with E-state index in [2.05, 4.69) is 9.47 Å². The molecule has 0 N–H and O–H groups in total. The first-order valence-corrected chi connectivity index (χ1v) is 7.02. The molecule has 0 radical (unpaired) electrons. The molecule has 2 aliphatic heterocycles. The lowest BCUT2D eigenvalue weighted by Crippen LogP contribution is -2.39. The summed E-state index contributed by atoms with van der Waals surface area (Å²) in [6.45, 7) is 6.15. The number of carbonyl (C=O) groups excluding carboxylic acids is 1. The van der Waals surface area contributed by atoms with E-state index in [-0.39, 0.29) is 11.5 Å². The van der Waals surface area contributed by atoms with Crippen LogP contribution < -0.4 is 9.47 Å². The smallest absolute Gasteiger partial charge is 0.444 e. The van der Waals surface area contributed by atoms with E-state index < -0.39 is 18.0 Å². The maximum absolute atomic E-state index is 13.1. The highest BCUT2D eigenvalue weighted by atomic mass is 19.3. The topological polar surface area (TPSA) is 48.0 Å². The molecular formula is C15H17F2NO4. The van der Waals surface area contributed by atoms with Crippen molar-refractivity contribution < 1.29 is 27.8 Å². The molecule has 0 saturated heterocycles. The zero-order chi connectivity index (χ0) is 16.1. The van der Waals surface area contributed by atoms with Crippen LogP contribution in [0.2, 0.25) is 0 Å². The summed E-state index contributed by atoms with van der Waals surface area (Å²) in [6, 6.07) is 3.06. The van der Waals surface area contributed by atoms with Crippen LogP contribution in [0.3, 0.4) is 0 Å². The van der Waals surface area contributed by atoms with E-state index in [9.17, 15) is 13.6 Å². The van der Waals surface area contributed by atoms with Gasteiger partial charge < -0.3 is 19.1 Å². The van der Waals surface area contributed by atoms with Gasteiger partial charge in [-0.05, 0) is 50.5 Å². The first-order valence-electron chi connectivity index (χ1n) is 7.02. The Morgan fingerprint density at radius 2 is 1.82 bits per heavy atom. The number of alkyl halides is 2. The Morgan fingerprint density at radius 1 is 1.23 bits per heavy atom. The number of benzene rings is 1. The largest absolute Gasteiger partial charge is 0.586 e. The van der Waals surface area contributed by atoms with Gasteiger partial charge in [0.1, 0.15) is 5.60 Å². The second-order valence-electron chi connectivity index (χ2n) is 6.39. The van der Waals surface area contributed by atoms with Crippen LogP contribution in [0, 0.1) is 0 Å². The molecule has 0 fully saturated rings. The van der Waals surface area contributed by atoms with E-state index in [1.54, 1.807) is 31.7 Å². The lowest BCUT2D eigenvalue weighted by Gasteiger charge is -2.31. The fourth-order valence-electron chi connectivity index (χ4n) is 2.48. The summed E-state index contributed by atoms with van der Waals surface area (Å²) in [7, 11) is 0. The van der Waals surface area contributed by atoms with Crippen molar-refractivity contribution in [2.24, 2.45) is 0 Å². The number of nitrogens with zero attached hydrogens (tertiary/aromatic N) is 1. The van der Waals surface area contributed by atoms with Gasteiger partial charge in [-0.15, -0.1) is 8.78 Å². The second kappa shape index (κ2) is 4.72. The number of hydrogen-bond acceptors (Lipinski definition) is 4. The number of fused-ring (bicyclic) bond motifs is 2. The molecule has 1 aromatic carbocycles. The van der Waals surface area contributed by atoms with E-state index in [0.29, 0.717) is 19.5 Å². The Labute approximate surface area is 126 Å². The van der Waals surface area contributed by atoms with E-state index in [1.807, 2.05) is 0 Å². The third kappa shape index (κ3) is 2.93.